The summed E-state index contributed by atoms with van der Waals surface area (Å²) in [7, 11) is 0. The summed E-state index contributed by atoms with van der Waals surface area (Å²) < 4.78 is 15.1. The number of fused-ring (bicyclic) bond motifs is 1. The quantitative estimate of drug-likeness (QED) is 0.419. The Labute approximate surface area is 180 Å². The topological polar surface area (TPSA) is 83.4 Å². The van der Waals surface area contributed by atoms with Gasteiger partial charge in [-0.05, 0) is 58.1 Å². The number of carbonyl (C=O) groups excluding carboxylic acids is 2. The number of amides is 3. The second-order valence-corrected chi connectivity index (χ2v) is 8.42. The van der Waals surface area contributed by atoms with E-state index in [-0.39, 0.29) is 12.4 Å². The van der Waals surface area contributed by atoms with Crippen LogP contribution in [-0.2, 0) is 16.9 Å². The zero-order valence-electron chi connectivity index (χ0n) is 16.5. The number of hydrogen-bond donors (Lipinski definition) is 3. The molecule has 2 aromatic heterocycles. The third kappa shape index (κ3) is 3.07. The van der Waals surface area contributed by atoms with Crippen LogP contribution < -0.4 is 10.6 Å². The maximum atomic E-state index is 13.6. The lowest BCUT2D eigenvalue weighted by atomic mass is 9.88. The van der Waals surface area contributed by atoms with Gasteiger partial charge < -0.3 is 15.0 Å². The molecule has 31 heavy (non-hydrogen) atoms. The van der Waals surface area contributed by atoms with Crippen molar-refractivity contribution >= 4 is 34.0 Å². The molecule has 0 bridgehead atoms. The van der Waals surface area contributed by atoms with Crippen LogP contribution in [0.15, 0.2) is 59.4 Å². The SMILES string of the molecule is Cc1cscc1-c1ccc([C@]2(Cn3cc4ccc(F)cc4c3O)NC(=O)NC2=O)cc1. The van der Waals surface area contributed by atoms with Crippen LogP contribution in [0, 0.1) is 12.7 Å². The van der Waals surface area contributed by atoms with Gasteiger partial charge in [0.2, 0.25) is 0 Å². The zero-order chi connectivity index (χ0) is 21.8. The van der Waals surface area contributed by atoms with Gasteiger partial charge in [-0.1, -0.05) is 24.3 Å². The Balaban J connectivity index is 1.58. The van der Waals surface area contributed by atoms with E-state index in [1.54, 1.807) is 35.7 Å². The van der Waals surface area contributed by atoms with Gasteiger partial charge >= 0.3 is 6.03 Å². The normalized spacial score (nSPS) is 18.4. The van der Waals surface area contributed by atoms with E-state index in [9.17, 15) is 19.1 Å². The standard InChI is InChI=1S/C23H18FN3O3S/c1-13-10-31-11-19(13)14-2-5-16(6-3-14)23(21(29)25-22(30)26-23)12-27-9-15-4-7-17(24)8-18(15)20(27)28/h2-11,28H,12H2,1H3,(H2,25,26,29,30)/t23-/m0/s1. The molecule has 156 valence electrons. The predicted molar refractivity (Wildman–Crippen MR) is 116 cm³/mol. The molecule has 3 N–H and O–H groups in total. The number of aromatic hydroxyl groups is 1. The van der Waals surface area contributed by atoms with Gasteiger partial charge in [0.15, 0.2) is 11.4 Å². The fraction of sp³-hybridized carbons (Fsp3) is 0.130. The molecule has 1 fully saturated rings. The molecule has 1 saturated heterocycles. The highest BCUT2D eigenvalue weighted by Gasteiger charge is 2.48. The molecule has 3 amide bonds. The first kappa shape index (κ1) is 19.3. The van der Waals surface area contributed by atoms with Gasteiger partial charge in [-0.3, -0.25) is 10.1 Å². The molecule has 0 spiro atoms. The van der Waals surface area contributed by atoms with E-state index in [0.717, 1.165) is 16.7 Å². The Hall–Kier alpha value is -3.65. The van der Waals surface area contributed by atoms with E-state index in [1.165, 1.54) is 16.7 Å². The monoisotopic (exact) mass is 435 g/mol. The second-order valence-electron chi connectivity index (χ2n) is 7.67. The Bertz CT molecular complexity index is 1340. The van der Waals surface area contributed by atoms with Crippen molar-refractivity contribution in [1.82, 2.24) is 15.2 Å². The van der Waals surface area contributed by atoms with Crippen molar-refractivity contribution in [3.05, 3.63) is 76.4 Å². The smallest absolute Gasteiger partial charge is 0.322 e. The molecule has 3 heterocycles. The Morgan fingerprint density at radius 3 is 2.55 bits per heavy atom. The highest BCUT2D eigenvalue weighted by molar-refractivity contribution is 7.08. The van der Waals surface area contributed by atoms with Gasteiger partial charge in [-0.25, -0.2) is 9.18 Å². The van der Waals surface area contributed by atoms with Crippen LogP contribution in [0.1, 0.15) is 11.1 Å². The number of carbonyl (C=O) groups is 2. The summed E-state index contributed by atoms with van der Waals surface area (Å²) in [5.74, 6) is -1.16. The van der Waals surface area contributed by atoms with E-state index >= 15 is 0 Å². The number of imide groups is 1. The highest BCUT2D eigenvalue weighted by Crippen LogP contribution is 2.35. The molecule has 0 saturated carbocycles. The van der Waals surface area contributed by atoms with Gasteiger partial charge in [-0.15, -0.1) is 0 Å². The van der Waals surface area contributed by atoms with Gasteiger partial charge in [-0.2, -0.15) is 11.3 Å². The lowest BCUT2D eigenvalue weighted by Gasteiger charge is -2.27. The summed E-state index contributed by atoms with van der Waals surface area (Å²) in [4.78, 5) is 25.0. The van der Waals surface area contributed by atoms with E-state index in [0.29, 0.717) is 16.3 Å². The minimum atomic E-state index is -1.41. The molecular weight excluding hydrogens is 417 g/mol. The minimum absolute atomic E-state index is 0.0521. The number of hydrogen-bond acceptors (Lipinski definition) is 4. The minimum Gasteiger partial charge on any atom is -0.494 e. The Morgan fingerprint density at radius 2 is 1.90 bits per heavy atom. The lowest BCUT2D eigenvalue weighted by Crippen LogP contribution is -2.47. The third-order valence-corrected chi connectivity index (χ3v) is 6.58. The molecule has 1 aliphatic heterocycles. The summed E-state index contributed by atoms with van der Waals surface area (Å²) in [5, 5.41) is 20.8. The molecule has 1 aliphatic rings. The van der Waals surface area contributed by atoms with Crippen molar-refractivity contribution < 1.29 is 19.1 Å². The predicted octanol–water partition coefficient (Wildman–Crippen LogP) is 4.26. The molecule has 6 nitrogen and oxygen atoms in total. The first-order chi connectivity index (χ1) is 14.9. The largest absolute Gasteiger partial charge is 0.494 e. The maximum absolute atomic E-state index is 13.6. The Morgan fingerprint density at radius 1 is 1.13 bits per heavy atom. The molecule has 5 rings (SSSR count). The van der Waals surface area contributed by atoms with E-state index < -0.39 is 23.3 Å². The van der Waals surface area contributed by atoms with Crippen LogP contribution in [0.3, 0.4) is 0 Å². The van der Waals surface area contributed by atoms with E-state index in [2.05, 4.69) is 21.4 Å². The number of aromatic nitrogens is 1. The van der Waals surface area contributed by atoms with Crippen LogP contribution in [0.2, 0.25) is 0 Å². The van der Waals surface area contributed by atoms with Crippen LogP contribution >= 0.6 is 11.3 Å². The average Bonchev–Trinajstić information content (AvgIpc) is 3.39. The molecule has 4 aromatic rings. The molecule has 0 aliphatic carbocycles. The van der Waals surface area contributed by atoms with E-state index in [4.69, 9.17) is 0 Å². The van der Waals surface area contributed by atoms with Crippen LogP contribution in [0.5, 0.6) is 5.88 Å². The molecule has 0 unspecified atom stereocenters. The number of halogens is 1. The summed E-state index contributed by atoms with van der Waals surface area (Å²) in [6.07, 6.45) is 1.63. The van der Waals surface area contributed by atoms with Crippen molar-refractivity contribution in [2.24, 2.45) is 0 Å². The molecule has 2 aromatic carbocycles. The average molecular weight is 435 g/mol. The highest BCUT2D eigenvalue weighted by atomic mass is 32.1. The number of benzene rings is 2. The Kier molecular flexibility index (Phi) is 4.33. The summed E-state index contributed by atoms with van der Waals surface area (Å²) in [5.41, 5.74) is 2.45. The number of aryl methyl sites for hydroxylation is 1. The first-order valence-corrected chi connectivity index (χ1v) is 10.6. The zero-order valence-corrected chi connectivity index (χ0v) is 17.3. The number of nitrogens with zero attached hydrogens (tertiary/aromatic N) is 1. The lowest BCUT2D eigenvalue weighted by molar-refractivity contribution is -0.124. The third-order valence-electron chi connectivity index (χ3n) is 5.72. The van der Waals surface area contributed by atoms with Crippen LogP contribution in [-0.4, -0.2) is 21.6 Å². The van der Waals surface area contributed by atoms with Crippen molar-refractivity contribution in [2.45, 2.75) is 19.0 Å². The summed E-state index contributed by atoms with van der Waals surface area (Å²) in [6.45, 7) is 1.98. The van der Waals surface area contributed by atoms with Crippen molar-refractivity contribution in [3.63, 3.8) is 0 Å². The van der Waals surface area contributed by atoms with Crippen molar-refractivity contribution in [1.29, 1.82) is 0 Å². The maximum Gasteiger partial charge on any atom is 0.322 e. The number of rotatable bonds is 4. The van der Waals surface area contributed by atoms with Gasteiger partial charge in [0.1, 0.15) is 5.82 Å². The van der Waals surface area contributed by atoms with Gasteiger partial charge in [0, 0.05) is 17.0 Å². The molecule has 8 heteroatoms. The van der Waals surface area contributed by atoms with Crippen LogP contribution in [0.4, 0.5) is 9.18 Å². The number of urea groups is 1. The van der Waals surface area contributed by atoms with Crippen molar-refractivity contribution in [3.8, 4) is 17.0 Å². The summed E-state index contributed by atoms with van der Waals surface area (Å²) in [6, 6.07) is 10.9. The first-order valence-electron chi connectivity index (χ1n) is 9.62. The fourth-order valence-corrected chi connectivity index (χ4v) is 4.94. The van der Waals surface area contributed by atoms with Crippen LogP contribution in [0.25, 0.3) is 21.9 Å². The molecule has 1 atom stereocenters. The van der Waals surface area contributed by atoms with Crippen molar-refractivity contribution in [2.75, 3.05) is 0 Å². The second kappa shape index (κ2) is 6.95. The molecule has 0 radical (unpaired) electrons. The number of thiophene rings is 1. The number of nitrogens with one attached hydrogen (secondary N) is 2. The van der Waals surface area contributed by atoms with Gasteiger partial charge in [0.05, 0.1) is 6.54 Å². The summed E-state index contributed by atoms with van der Waals surface area (Å²) >= 11 is 1.62. The molecular formula is C23H18FN3O3S. The fourth-order valence-electron chi connectivity index (χ4n) is 4.08. The van der Waals surface area contributed by atoms with E-state index in [1.807, 2.05) is 19.1 Å². The van der Waals surface area contributed by atoms with Gasteiger partial charge in [0.25, 0.3) is 5.91 Å².